The predicted molar refractivity (Wildman–Crippen MR) is 78.7 cm³/mol. The molecule has 0 spiro atoms. The van der Waals surface area contributed by atoms with Gasteiger partial charge in [-0.05, 0) is 25.8 Å². The molecule has 0 fully saturated rings. The van der Waals surface area contributed by atoms with Crippen molar-refractivity contribution in [3.63, 3.8) is 0 Å². The lowest BCUT2D eigenvalue weighted by Gasteiger charge is -2.17. The number of amides is 1. The molecule has 0 radical (unpaired) electrons. The number of carbonyl (C=O) groups is 1. The highest BCUT2D eigenvalue weighted by atomic mass is 32.2. The highest BCUT2D eigenvalue weighted by molar-refractivity contribution is 8.00. The van der Waals surface area contributed by atoms with Gasteiger partial charge in [0.2, 0.25) is 5.91 Å². The second-order valence-electron chi connectivity index (χ2n) is 5.07. The van der Waals surface area contributed by atoms with E-state index in [9.17, 15) is 4.79 Å². The van der Waals surface area contributed by atoms with Gasteiger partial charge >= 0.3 is 0 Å². The van der Waals surface area contributed by atoms with Crippen molar-refractivity contribution >= 4 is 17.7 Å². The molecular formula is C14H22N2OS. The van der Waals surface area contributed by atoms with Crippen molar-refractivity contribution < 1.29 is 4.79 Å². The van der Waals surface area contributed by atoms with Crippen molar-refractivity contribution in [2.75, 3.05) is 18.1 Å². The molecule has 1 aromatic rings. The highest BCUT2D eigenvalue weighted by Gasteiger charge is 2.11. The number of benzene rings is 1. The fourth-order valence-electron chi connectivity index (χ4n) is 1.45. The summed E-state index contributed by atoms with van der Waals surface area (Å²) in [5, 5.41) is 2.92. The lowest BCUT2D eigenvalue weighted by Crippen LogP contribution is -2.36. The molecule has 0 unspecified atom stereocenters. The Balaban J connectivity index is 2.11. The molecule has 0 heterocycles. The van der Waals surface area contributed by atoms with Crippen LogP contribution in [-0.2, 0) is 11.2 Å². The standard InChI is InChI=1S/C14H22N2OS/c1-14(2,15)11-18-10-13(17)16-9-8-12-6-4-3-5-7-12/h3-7H,8-11,15H2,1-2H3,(H,16,17). The first kappa shape index (κ1) is 15.1. The number of rotatable bonds is 7. The first-order valence-corrected chi connectivity index (χ1v) is 7.30. The largest absolute Gasteiger partial charge is 0.355 e. The van der Waals surface area contributed by atoms with Crippen molar-refractivity contribution in [1.29, 1.82) is 0 Å². The summed E-state index contributed by atoms with van der Waals surface area (Å²) >= 11 is 1.58. The average molecular weight is 266 g/mol. The van der Waals surface area contributed by atoms with Crippen LogP contribution in [0.3, 0.4) is 0 Å². The molecule has 0 bridgehead atoms. The summed E-state index contributed by atoms with van der Waals surface area (Å²) in [6.07, 6.45) is 0.875. The highest BCUT2D eigenvalue weighted by Crippen LogP contribution is 2.08. The van der Waals surface area contributed by atoms with Gasteiger partial charge in [-0.15, -0.1) is 0 Å². The molecule has 0 saturated heterocycles. The average Bonchev–Trinajstić information content (AvgIpc) is 2.28. The molecule has 1 amide bonds. The molecule has 100 valence electrons. The minimum Gasteiger partial charge on any atom is -0.355 e. The Bertz CT molecular complexity index is 360. The van der Waals surface area contributed by atoms with Gasteiger partial charge in [-0.2, -0.15) is 11.8 Å². The van der Waals surface area contributed by atoms with Gasteiger partial charge in [-0.3, -0.25) is 4.79 Å². The van der Waals surface area contributed by atoms with E-state index in [1.54, 1.807) is 11.8 Å². The van der Waals surface area contributed by atoms with E-state index in [0.717, 1.165) is 12.2 Å². The van der Waals surface area contributed by atoms with Crippen LogP contribution in [0.25, 0.3) is 0 Å². The van der Waals surface area contributed by atoms with E-state index in [1.165, 1.54) is 5.56 Å². The molecular weight excluding hydrogens is 244 g/mol. The minimum atomic E-state index is -0.213. The van der Waals surface area contributed by atoms with Gasteiger partial charge < -0.3 is 11.1 Å². The monoisotopic (exact) mass is 266 g/mol. The fourth-order valence-corrected chi connectivity index (χ4v) is 2.36. The van der Waals surface area contributed by atoms with Crippen LogP contribution >= 0.6 is 11.8 Å². The first-order valence-electron chi connectivity index (χ1n) is 6.15. The number of nitrogens with two attached hydrogens (primary N) is 1. The van der Waals surface area contributed by atoms with Crippen LogP contribution in [0.1, 0.15) is 19.4 Å². The second kappa shape index (κ2) is 7.44. The zero-order valence-electron chi connectivity index (χ0n) is 11.1. The molecule has 0 saturated carbocycles. The van der Waals surface area contributed by atoms with Crippen molar-refractivity contribution in [2.45, 2.75) is 25.8 Å². The van der Waals surface area contributed by atoms with Gasteiger partial charge in [-0.25, -0.2) is 0 Å². The zero-order valence-corrected chi connectivity index (χ0v) is 11.9. The maximum absolute atomic E-state index is 11.5. The van der Waals surface area contributed by atoms with E-state index in [1.807, 2.05) is 32.0 Å². The summed E-state index contributed by atoms with van der Waals surface area (Å²) in [6, 6.07) is 10.1. The van der Waals surface area contributed by atoms with Crippen LogP contribution in [0.2, 0.25) is 0 Å². The molecule has 0 aliphatic rings. The lowest BCUT2D eigenvalue weighted by atomic mass is 10.1. The Kier molecular flexibility index (Phi) is 6.22. The van der Waals surface area contributed by atoms with Gasteiger partial charge in [0.1, 0.15) is 0 Å². The zero-order chi connectivity index (χ0) is 13.4. The maximum Gasteiger partial charge on any atom is 0.230 e. The summed E-state index contributed by atoms with van der Waals surface area (Å²) < 4.78 is 0. The second-order valence-corrected chi connectivity index (χ2v) is 6.05. The molecule has 1 rings (SSSR count). The molecule has 18 heavy (non-hydrogen) atoms. The Morgan fingerprint density at radius 1 is 1.33 bits per heavy atom. The molecule has 0 atom stereocenters. The van der Waals surface area contributed by atoms with Crippen LogP contribution in [0, 0.1) is 0 Å². The molecule has 1 aromatic carbocycles. The summed E-state index contributed by atoms with van der Waals surface area (Å²) in [5.74, 6) is 1.36. The van der Waals surface area contributed by atoms with Crippen LogP contribution < -0.4 is 11.1 Å². The maximum atomic E-state index is 11.5. The summed E-state index contributed by atoms with van der Waals surface area (Å²) in [5.41, 5.74) is 6.88. The smallest absolute Gasteiger partial charge is 0.230 e. The van der Waals surface area contributed by atoms with Crippen molar-refractivity contribution in [2.24, 2.45) is 5.73 Å². The molecule has 0 aromatic heterocycles. The fraction of sp³-hybridized carbons (Fsp3) is 0.500. The topological polar surface area (TPSA) is 55.1 Å². The van der Waals surface area contributed by atoms with E-state index in [-0.39, 0.29) is 11.4 Å². The van der Waals surface area contributed by atoms with Crippen LogP contribution in [0.5, 0.6) is 0 Å². The van der Waals surface area contributed by atoms with E-state index in [0.29, 0.717) is 12.3 Å². The van der Waals surface area contributed by atoms with E-state index >= 15 is 0 Å². The summed E-state index contributed by atoms with van der Waals surface area (Å²) in [6.45, 7) is 4.62. The number of thioether (sulfide) groups is 1. The quantitative estimate of drug-likeness (QED) is 0.791. The number of carbonyl (C=O) groups excluding carboxylic acids is 1. The van der Waals surface area contributed by atoms with E-state index in [4.69, 9.17) is 5.73 Å². The van der Waals surface area contributed by atoms with Gasteiger partial charge in [0.05, 0.1) is 5.75 Å². The van der Waals surface area contributed by atoms with Crippen LogP contribution in [0.4, 0.5) is 0 Å². The van der Waals surface area contributed by atoms with Gasteiger partial charge in [0, 0.05) is 17.8 Å². The summed E-state index contributed by atoms with van der Waals surface area (Å²) in [4.78, 5) is 11.5. The number of hydrogen-bond donors (Lipinski definition) is 2. The third-order valence-corrected chi connectivity index (χ3v) is 3.70. The molecule has 3 N–H and O–H groups in total. The van der Waals surface area contributed by atoms with Gasteiger partial charge in [-0.1, -0.05) is 30.3 Å². The molecule has 0 aliphatic carbocycles. The minimum absolute atomic E-state index is 0.0835. The Morgan fingerprint density at radius 3 is 2.61 bits per heavy atom. The van der Waals surface area contributed by atoms with Gasteiger partial charge in [0.15, 0.2) is 0 Å². The summed E-state index contributed by atoms with van der Waals surface area (Å²) in [7, 11) is 0. The van der Waals surface area contributed by atoms with Crippen LogP contribution in [0.15, 0.2) is 30.3 Å². The van der Waals surface area contributed by atoms with Gasteiger partial charge in [0.25, 0.3) is 0 Å². The van der Waals surface area contributed by atoms with Crippen molar-refractivity contribution in [3.05, 3.63) is 35.9 Å². The Hall–Kier alpha value is -1.00. The Labute approximate surface area is 114 Å². The third-order valence-electron chi connectivity index (χ3n) is 2.29. The van der Waals surface area contributed by atoms with E-state index in [2.05, 4.69) is 17.4 Å². The Morgan fingerprint density at radius 2 is 2.00 bits per heavy atom. The third kappa shape index (κ3) is 7.35. The van der Waals surface area contributed by atoms with Crippen molar-refractivity contribution in [1.82, 2.24) is 5.32 Å². The van der Waals surface area contributed by atoms with Crippen LogP contribution in [-0.4, -0.2) is 29.5 Å². The predicted octanol–water partition coefficient (Wildman–Crippen LogP) is 1.82. The molecule has 4 heteroatoms. The number of hydrogen-bond acceptors (Lipinski definition) is 3. The van der Waals surface area contributed by atoms with E-state index < -0.39 is 0 Å². The SMILES string of the molecule is CC(C)(N)CSCC(=O)NCCc1ccccc1. The molecule has 3 nitrogen and oxygen atoms in total. The normalized spacial score (nSPS) is 11.3. The number of nitrogens with one attached hydrogen (secondary N) is 1. The van der Waals surface area contributed by atoms with Crippen molar-refractivity contribution in [3.8, 4) is 0 Å². The lowest BCUT2D eigenvalue weighted by molar-refractivity contribution is -0.118. The first-order chi connectivity index (χ1) is 8.47. The molecule has 0 aliphatic heterocycles.